The molecule has 0 unspecified atom stereocenters. The molecule has 0 saturated carbocycles. The van der Waals surface area contributed by atoms with Gasteiger partial charge in [-0.3, -0.25) is 9.78 Å². The number of amides is 1. The first-order valence-electron chi connectivity index (χ1n) is 4.92. The van der Waals surface area contributed by atoms with E-state index in [4.69, 9.17) is 0 Å². The summed E-state index contributed by atoms with van der Waals surface area (Å²) in [6.45, 7) is 2.32. The highest BCUT2D eigenvalue weighted by Crippen LogP contribution is 2.01. The lowest BCUT2D eigenvalue weighted by Crippen LogP contribution is -2.20. The van der Waals surface area contributed by atoms with Gasteiger partial charge in [0.1, 0.15) is 0 Å². The second-order valence-corrected chi connectivity index (χ2v) is 3.30. The van der Waals surface area contributed by atoms with Crippen LogP contribution in [0.5, 0.6) is 0 Å². The molecular weight excluding hydrogens is 176 g/mol. The molecule has 1 aromatic rings. The number of nitrogens with one attached hydrogen (secondary N) is 1. The Bertz CT molecular complexity index is 272. The lowest BCUT2D eigenvalue weighted by molar-refractivity contribution is -0.118. The molecule has 0 aliphatic heterocycles. The standard InChI is InChI=1S/C11H16N2O/c1-10(14)13-8-3-2-5-11-6-4-7-12-9-11/h4,6-7,9H,2-3,5,8H2,1H3,(H,13,14). The van der Waals surface area contributed by atoms with Gasteiger partial charge < -0.3 is 5.32 Å². The van der Waals surface area contributed by atoms with E-state index >= 15 is 0 Å². The zero-order valence-corrected chi connectivity index (χ0v) is 8.49. The quantitative estimate of drug-likeness (QED) is 0.719. The average Bonchev–Trinajstić information content (AvgIpc) is 2.18. The SMILES string of the molecule is CC(=O)NCCCCc1cccnc1. The number of nitrogens with zero attached hydrogens (tertiary/aromatic N) is 1. The van der Waals surface area contributed by atoms with E-state index in [1.807, 2.05) is 12.3 Å². The minimum absolute atomic E-state index is 0.0476. The first kappa shape index (κ1) is 10.7. The number of aryl methyl sites for hydroxylation is 1. The summed E-state index contributed by atoms with van der Waals surface area (Å²) < 4.78 is 0. The lowest BCUT2D eigenvalue weighted by atomic mass is 10.1. The lowest BCUT2D eigenvalue weighted by Gasteiger charge is -2.01. The van der Waals surface area contributed by atoms with Gasteiger partial charge in [0.25, 0.3) is 0 Å². The Hall–Kier alpha value is -1.38. The summed E-state index contributed by atoms with van der Waals surface area (Å²) in [6.07, 6.45) is 6.81. The van der Waals surface area contributed by atoms with Gasteiger partial charge in [0.05, 0.1) is 0 Å². The normalized spacial score (nSPS) is 9.79. The van der Waals surface area contributed by atoms with E-state index in [1.54, 1.807) is 13.1 Å². The number of rotatable bonds is 5. The van der Waals surface area contributed by atoms with Crippen LogP contribution < -0.4 is 5.32 Å². The highest BCUT2D eigenvalue weighted by atomic mass is 16.1. The van der Waals surface area contributed by atoms with Crippen molar-refractivity contribution in [2.75, 3.05) is 6.54 Å². The zero-order valence-electron chi connectivity index (χ0n) is 8.49. The van der Waals surface area contributed by atoms with Gasteiger partial charge in [-0.15, -0.1) is 0 Å². The summed E-state index contributed by atoms with van der Waals surface area (Å²) in [4.78, 5) is 14.6. The van der Waals surface area contributed by atoms with E-state index in [9.17, 15) is 4.79 Å². The molecule has 1 heterocycles. The third kappa shape index (κ3) is 4.60. The van der Waals surface area contributed by atoms with Gasteiger partial charge in [-0.05, 0) is 30.9 Å². The Morgan fingerprint density at radius 2 is 2.36 bits per heavy atom. The first-order valence-corrected chi connectivity index (χ1v) is 4.92. The maximum atomic E-state index is 10.6. The molecule has 76 valence electrons. The van der Waals surface area contributed by atoms with E-state index in [0.717, 1.165) is 25.8 Å². The van der Waals surface area contributed by atoms with Crippen LogP contribution in [0.4, 0.5) is 0 Å². The van der Waals surface area contributed by atoms with Crippen molar-refractivity contribution in [1.82, 2.24) is 10.3 Å². The molecule has 1 rings (SSSR count). The summed E-state index contributed by atoms with van der Waals surface area (Å²) in [7, 11) is 0. The van der Waals surface area contributed by atoms with Gasteiger partial charge in [-0.2, -0.15) is 0 Å². The molecule has 0 spiro atoms. The minimum atomic E-state index is 0.0476. The summed E-state index contributed by atoms with van der Waals surface area (Å²) in [5.74, 6) is 0.0476. The predicted octanol–water partition coefficient (Wildman–Crippen LogP) is 1.54. The fourth-order valence-corrected chi connectivity index (χ4v) is 1.26. The summed E-state index contributed by atoms with van der Waals surface area (Å²) in [5.41, 5.74) is 1.26. The van der Waals surface area contributed by atoms with E-state index in [-0.39, 0.29) is 5.91 Å². The van der Waals surface area contributed by atoms with Crippen LogP contribution in [-0.2, 0) is 11.2 Å². The molecule has 1 amide bonds. The van der Waals surface area contributed by atoms with Crippen molar-refractivity contribution in [2.24, 2.45) is 0 Å². The third-order valence-electron chi connectivity index (χ3n) is 1.99. The molecule has 0 atom stereocenters. The number of aromatic nitrogens is 1. The second kappa shape index (κ2) is 6.13. The van der Waals surface area contributed by atoms with E-state index in [1.165, 1.54) is 5.56 Å². The maximum absolute atomic E-state index is 10.6. The zero-order chi connectivity index (χ0) is 10.2. The van der Waals surface area contributed by atoms with Crippen molar-refractivity contribution in [2.45, 2.75) is 26.2 Å². The smallest absolute Gasteiger partial charge is 0.216 e. The van der Waals surface area contributed by atoms with E-state index < -0.39 is 0 Å². The van der Waals surface area contributed by atoms with Crippen LogP contribution in [0, 0.1) is 0 Å². The largest absolute Gasteiger partial charge is 0.356 e. The van der Waals surface area contributed by atoms with Gasteiger partial charge in [0.15, 0.2) is 0 Å². The topological polar surface area (TPSA) is 42.0 Å². The molecule has 1 aromatic heterocycles. The molecule has 3 nitrogen and oxygen atoms in total. The third-order valence-corrected chi connectivity index (χ3v) is 1.99. The van der Waals surface area contributed by atoms with Crippen LogP contribution in [-0.4, -0.2) is 17.4 Å². The van der Waals surface area contributed by atoms with Crippen molar-refractivity contribution >= 4 is 5.91 Å². The number of carbonyl (C=O) groups is 1. The molecule has 0 aliphatic rings. The molecule has 0 aromatic carbocycles. The van der Waals surface area contributed by atoms with E-state index in [0.29, 0.717) is 0 Å². The summed E-state index contributed by atoms with van der Waals surface area (Å²) in [6, 6.07) is 4.02. The van der Waals surface area contributed by atoms with Gasteiger partial charge in [-0.25, -0.2) is 0 Å². The Kier molecular flexibility index (Phi) is 4.69. The van der Waals surface area contributed by atoms with Crippen LogP contribution in [0.25, 0.3) is 0 Å². The number of unbranched alkanes of at least 4 members (excludes halogenated alkanes) is 1. The number of pyridine rings is 1. The molecule has 0 saturated heterocycles. The van der Waals surface area contributed by atoms with E-state index in [2.05, 4.69) is 16.4 Å². The van der Waals surface area contributed by atoms with Crippen LogP contribution in [0.15, 0.2) is 24.5 Å². The van der Waals surface area contributed by atoms with Gasteiger partial charge >= 0.3 is 0 Å². The summed E-state index contributed by atoms with van der Waals surface area (Å²) >= 11 is 0. The van der Waals surface area contributed by atoms with Crippen LogP contribution >= 0.6 is 0 Å². The van der Waals surface area contributed by atoms with Crippen molar-refractivity contribution < 1.29 is 4.79 Å². The van der Waals surface area contributed by atoms with Gasteiger partial charge in [0, 0.05) is 25.9 Å². The highest BCUT2D eigenvalue weighted by Gasteiger charge is 1.93. The Morgan fingerprint density at radius 3 is 3.00 bits per heavy atom. The average molecular weight is 192 g/mol. The number of hydrogen-bond donors (Lipinski definition) is 1. The van der Waals surface area contributed by atoms with Crippen molar-refractivity contribution in [3.8, 4) is 0 Å². The van der Waals surface area contributed by atoms with Crippen LogP contribution in [0.3, 0.4) is 0 Å². The van der Waals surface area contributed by atoms with Crippen molar-refractivity contribution in [1.29, 1.82) is 0 Å². The summed E-state index contributed by atoms with van der Waals surface area (Å²) in [5, 5.41) is 2.78. The molecule has 1 N–H and O–H groups in total. The first-order chi connectivity index (χ1) is 6.79. The molecule has 0 radical (unpaired) electrons. The second-order valence-electron chi connectivity index (χ2n) is 3.30. The molecule has 14 heavy (non-hydrogen) atoms. The van der Waals surface area contributed by atoms with Gasteiger partial charge in [-0.1, -0.05) is 6.07 Å². The van der Waals surface area contributed by atoms with Gasteiger partial charge in [0.2, 0.25) is 5.91 Å². The Balaban J connectivity index is 2.08. The molecule has 0 fully saturated rings. The molecule has 3 heteroatoms. The van der Waals surface area contributed by atoms with Crippen molar-refractivity contribution in [3.05, 3.63) is 30.1 Å². The van der Waals surface area contributed by atoms with Crippen LogP contribution in [0.1, 0.15) is 25.3 Å². The fraction of sp³-hybridized carbons (Fsp3) is 0.455. The highest BCUT2D eigenvalue weighted by molar-refractivity contribution is 5.72. The Morgan fingerprint density at radius 1 is 1.50 bits per heavy atom. The Labute approximate surface area is 84.6 Å². The monoisotopic (exact) mass is 192 g/mol. The molecular formula is C11H16N2O. The number of carbonyl (C=O) groups excluding carboxylic acids is 1. The fourth-order valence-electron chi connectivity index (χ4n) is 1.26. The van der Waals surface area contributed by atoms with Crippen molar-refractivity contribution in [3.63, 3.8) is 0 Å². The predicted molar refractivity (Wildman–Crippen MR) is 55.9 cm³/mol. The molecule has 0 aliphatic carbocycles. The minimum Gasteiger partial charge on any atom is -0.356 e. The molecule has 0 bridgehead atoms. The number of hydrogen-bond acceptors (Lipinski definition) is 2. The maximum Gasteiger partial charge on any atom is 0.216 e. The van der Waals surface area contributed by atoms with Crippen LogP contribution in [0.2, 0.25) is 0 Å².